The molecule has 2 aromatic carbocycles. The van der Waals surface area contributed by atoms with Gasteiger partial charge < -0.3 is 9.73 Å². The van der Waals surface area contributed by atoms with Crippen LogP contribution in [0.4, 0.5) is 5.69 Å². The first kappa shape index (κ1) is 15.4. The van der Waals surface area contributed by atoms with Gasteiger partial charge in [-0.15, -0.1) is 0 Å². The van der Waals surface area contributed by atoms with Crippen LogP contribution in [0.3, 0.4) is 0 Å². The Balaban J connectivity index is 1.96. The molecule has 0 bridgehead atoms. The van der Waals surface area contributed by atoms with Crippen molar-refractivity contribution in [2.45, 2.75) is 6.92 Å². The quantitative estimate of drug-likeness (QED) is 0.569. The van der Waals surface area contributed by atoms with E-state index in [1.165, 1.54) is 0 Å². The van der Waals surface area contributed by atoms with Crippen LogP contribution >= 0.6 is 39.1 Å². The second-order valence-corrected chi connectivity index (χ2v) is 6.60. The van der Waals surface area contributed by atoms with E-state index in [1.54, 1.807) is 18.2 Å². The first-order valence-electron chi connectivity index (χ1n) is 6.40. The average Bonchev–Trinajstić information content (AvgIpc) is 2.75. The van der Waals surface area contributed by atoms with Crippen LogP contribution in [-0.4, -0.2) is 5.91 Å². The lowest BCUT2D eigenvalue weighted by Gasteiger charge is -2.05. The molecule has 0 aliphatic rings. The Labute approximate surface area is 145 Å². The molecule has 1 aromatic heterocycles. The van der Waals surface area contributed by atoms with E-state index < -0.39 is 0 Å². The SMILES string of the molecule is Cc1c(C(=O)Nc2cc(Cl)cc(Cl)c2)oc2ccc(Br)cc12. The van der Waals surface area contributed by atoms with E-state index >= 15 is 0 Å². The van der Waals surface area contributed by atoms with E-state index in [0.717, 1.165) is 15.4 Å². The number of hydrogen-bond donors (Lipinski definition) is 1. The minimum Gasteiger partial charge on any atom is -0.451 e. The summed E-state index contributed by atoms with van der Waals surface area (Å²) >= 11 is 15.3. The lowest BCUT2D eigenvalue weighted by atomic mass is 10.1. The molecule has 22 heavy (non-hydrogen) atoms. The van der Waals surface area contributed by atoms with Crippen molar-refractivity contribution >= 4 is 61.7 Å². The molecule has 3 nitrogen and oxygen atoms in total. The molecule has 0 atom stereocenters. The summed E-state index contributed by atoms with van der Waals surface area (Å²) in [5.74, 6) is -0.0765. The molecule has 0 aliphatic carbocycles. The maximum absolute atomic E-state index is 12.4. The van der Waals surface area contributed by atoms with Crippen molar-refractivity contribution in [2.24, 2.45) is 0 Å². The Morgan fingerprint density at radius 1 is 1.14 bits per heavy atom. The number of nitrogens with one attached hydrogen (secondary N) is 1. The molecule has 0 unspecified atom stereocenters. The van der Waals surface area contributed by atoms with Crippen LogP contribution in [-0.2, 0) is 0 Å². The standard InChI is InChI=1S/C16H10BrCl2NO2/c1-8-13-4-9(17)2-3-14(13)22-15(8)16(21)20-12-6-10(18)5-11(19)7-12/h2-7H,1H3,(H,20,21). The average molecular weight is 399 g/mol. The van der Waals surface area contributed by atoms with Crippen LogP contribution in [0.25, 0.3) is 11.0 Å². The topological polar surface area (TPSA) is 42.2 Å². The smallest absolute Gasteiger partial charge is 0.291 e. The number of anilines is 1. The second kappa shape index (κ2) is 5.95. The first-order valence-corrected chi connectivity index (χ1v) is 7.95. The molecular formula is C16H10BrCl2NO2. The number of aryl methyl sites for hydroxylation is 1. The Kier molecular flexibility index (Phi) is 4.17. The monoisotopic (exact) mass is 397 g/mol. The molecule has 0 saturated heterocycles. The Morgan fingerprint density at radius 3 is 2.50 bits per heavy atom. The number of carbonyl (C=O) groups excluding carboxylic acids is 1. The molecule has 1 amide bonds. The number of benzene rings is 2. The van der Waals surface area contributed by atoms with Gasteiger partial charge in [-0.05, 0) is 43.3 Å². The predicted molar refractivity (Wildman–Crippen MR) is 93.1 cm³/mol. The fourth-order valence-electron chi connectivity index (χ4n) is 2.22. The van der Waals surface area contributed by atoms with Gasteiger partial charge in [0.15, 0.2) is 5.76 Å². The van der Waals surface area contributed by atoms with Gasteiger partial charge in [-0.1, -0.05) is 39.1 Å². The highest BCUT2D eigenvalue weighted by Crippen LogP contribution is 2.29. The molecule has 1 heterocycles. The van der Waals surface area contributed by atoms with Crippen LogP contribution in [0.5, 0.6) is 0 Å². The van der Waals surface area contributed by atoms with Crippen molar-refractivity contribution in [1.29, 1.82) is 0 Å². The first-order chi connectivity index (χ1) is 10.4. The zero-order valence-electron chi connectivity index (χ0n) is 11.4. The molecule has 0 radical (unpaired) electrons. The van der Waals surface area contributed by atoms with Gasteiger partial charge in [0, 0.05) is 31.2 Å². The Morgan fingerprint density at radius 2 is 1.82 bits per heavy atom. The zero-order valence-corrected chi connectivity index (χ0v) is 14.5. The fraction of sp³-hybridized carbons (Fsp3) is 0.0625. The van der Waals surface area contributed by atoms with Crippen LogP contribution < -0.4 is 5.32 Å². The summed E-state index contributed by atoms with van der Waals surface area (Å²) in [6, 6.07) is 10.5. The van der Waals surface area contributed by atoms with E-state index in [2.05, 4.69) is 21.2 Å². The maximum atomic E-state index is 12.4. The molecule has 0 aliphatic heterocycles. The molecule has 0 fully saturated rings. The van der Waals surface area contributed by atoms with Gasteiger partial charge in [0.05, 0.1) is 0 Å². The predicted octanol–water partition coefficient (Wildman–Crippen LogP) is 6.06. The third-order valence-electron chi connectivity index (χ3n) is 3.22. The second-order valence-electron chi connectivity index (χ2n) is 4.81. The molecule has 1 N–H and O–H groups in total. The van der Waals surface area contributed by atoms with Crippen molar-refractivity contribution in [3.05, 3.63) is 62.2 Å². The van der Waals surface area contributed by atoms with Gasteiger partial charge in [0.1, 0.15) is 5.58 Å². The summed E-state index contributed by atoms with van der Waals surface area (Å²) in [4.78, 5) is 12.4. The van der Waals surface area contributed by atoms with Crippen LogP contribution in [0, 0.1) is 6.92 Å². The molecular weight excluding hydrogens is 389 g/mol. The largest absolute Gasteiger partial charge is 0.451 e. The lowest BCUT2D eigenvalue weighted by molar-refractivity contribution is 0.0998. The third-order valence-corrected chi connectivity index (χ3v) is 4.15. The number of halogens is 3. The van der Waals surface area contributed by atoms with Crippen molar-refractivity contribution in [1.82, 2.24) is 0 Å². The highest BCUT2D eigenvalue weighted by molar-refractivity contribution is 9.10. The number of amides is 1. The van der Waals surface area contributed by atoms with Crippen LogP contribution in [0.2, 0.25) is 10.0 Å². The maximum Gasteiger partial charge on any atom is 0.291 e. The van der Waals surface area contributed by atoms with Gasteiger partial charge >= 0.3 is 0 Å². The molecule has 0 saturated carbocycles. The van der Waals surface area contributed by atoms with E-state index in [9.17, 15) is 4.79 Å². The highest BCUT2D eigenvalue weighted by Gasteiger charge is 2.18. The molecule has 3 aromatic rings. The molecule has 6 heteroatoms. The number of fused-ring (bicyclic) bond motifs is 1. The third kappa shape index (κ3) is 3.00. The van der Waals surface area contributed by atoms with E-state index in [-0.39, 0.29) is 11.7 Å². The minimum atomic E-state index is -0.344. The normalized spacial score (nSPS) is 10.9. The zero-order chi connectivity index (χ0) is 15.9. The van der Waals surface area contributed by atoms with Crippen LogP contribution in [0.1, 0.15) is 16.1 Å². The van der Waals surface area contributed by atoms with Crippen molar-refractivity contribution in [3.63, 3.8) is 0 Å². The molecule has 112 valence electrons. The summed E-state index contributed by atoms with van der Waals surface area (Å²) in [5.41, 5.74) is 1.96. The van der Waals surface area contributed by atoms with Crippen molar-refractivity contribution in [3.8, 4) is 0 Å². The summed E-state index contributed by atoms with van der Waals surface area (Å²) in [6.07, 6.45) is 0. The van der Waals surface area contributed by atoms with Crippen molar-refractivity contribution in [2.75, 3.05) is 5.32 Å². The van der Waals surface area contributed by atoms with E-state index in [0.29, 0.717) is 21.3 Å². The summed E-state index contributed by atoms with van der Waals surface area (Å²) in [5, 5.41) is 4.54. The van der Waals surface area contributed by atoms with E-state index in [1.807, 2.05) is 25.1 Å². The van der Waals surface area contributed by atoms with Gasteiger partial charge in [0.2, 0.25) is 0 Å². The summed E-state index contributed by atoms with van der Waals surface area (Å²) < 4.78 is 6.58. The van der Waals surface area contributed by atoms with Gasteiger partial charge in [-0.3, -0.25) is 4.79 Å². The summed E-state index contributed by atoms with van der Waals surface area (Å²) in [7, 11) is 0. The molecule has 0 spiro atoms. The highest BCUT2D eigenvalue weighted by atomic mass is 79.9. The number of hydrogen-bond acceptors (Lipinski definition) is 2. The Bertz CT molecular complexity index is 869. The van der Waals surface area contributed by atoms with Gasteiger partial charge in [0.25, 0.3) is 5.91 Å². The minimum absolute atomic E-state index is 0.268. The Hall–Kier alpha value is -1.49. The van der Waals surface area contributed by atoms with Gasteiger partial charge in [-0.25, -0.2) is 0 Å². The van der Waals surface area contributed by atoms with Crippen LogP contribution in [0.15, 0.2) is 45.3 Å². The fourth-order valence-corrected chi connectivity index (χ4v) is 3.11. The number of furan rings is 1. The van der Waals surface area contributed by atoms with E-state index in [4.69, 9.17) is 27.6 Å². The lowest BCUT2D eigenvalue weighted by Crippen LogP contribution is -2.12. The molecule has 3 rings (SSSR count). The number of carbonyl (C=O) groups is 1. The van der Waals surface area contributed by atoms with Gasteiger partial charge in [-0.2, -0.15) is 0 Å². The van der Waals surface area contributed by atoms with Crippen molar-refractivity contribution < 1.29 is 9.21 Å². The summed E-state index contributed by atoms with van der Waals surface area (Å²) in [6.45, 7) is 1.85. The number of rotatable bonds is 2.